The van der Waals surface area contributed by atoms with Gasteiger partial charge in [0.2, 0.25) is 5.91 Å². The van der Waals surface area contributed by atoms with Crippen LogP contribution in [0.4, 0.5) is 4.39 Å². The molecule has 3 rings (SSSR count). The van der Waals surface area contributed by atoms with E-state index in [-0.39, 0.29) is 18.3 Å². The van der Waals surface area contributed by atoms with E-state index in [0.717, 1.165) is 19.6 Å². The molecule has 2 unspecified atom stereocenters. The van der Waals surface area contributed by atoms with Crippen LogP contribution in [0.1, 0.15) is 18.4 Å². The van der Waals surface area contributed by atoms with E-state index < -0.39 is 0 Å². The van der Waals surface area contributed by atoms with Crippen LogP contribution >= 0.6 is 0 Å². The lowest BCUT2D eigenvalue weighted by Gasteiger charge is -2.24. The molecule has 0 radical (unpaired) electrons. The Morgan fingerprint density at radius 3 is 3.05 bits per heavy atom. The maximum Gasteiger partial charge on any atom is 0.234 e. The minimum atomic E-state index is -0.269. The zero-order valence-corrected chi connectivity index (χ0v) is 12.1. The number of rotatable bonds is 4. The monoisotopic (exact) mass is 291 g/mol. The number of hydrogen-bond acceptors (Lipinski definition) is 3. The van der Waals surface area contributed by atoms with E-state index >= 15 is 0 Å². The highest BCUT2D eigenvalue weighted by atomic mass is 19.1. The summed E-state index contributed by atoms with van der Waals surface area (Å²) >= 11 is 0. The molecule has 5 heteroatoms. The number of halogens is 1. The highest BCUT2D eigenvalue weighted by Crippen LogP contribution is 2.24. The van der Waals surface area contributed by atoms with Crippen LogP contribution in [0.25, 0.3) is 0 Å². The van der Waals surface area contributed by atoms with Crippen LogP contribution in [-0.2, 0) is 11.3 Å². The summed E-state index contributed by atoms with van der Waals surface area (Å²) in [6, 6.07) is 7.08. The number of carbonyl (C=O) groups is 1. The number of nitrogens with zero attached hydrogens (tertiary/aromatic N) is 1. The predicted molar refractivity (Wildman–Crippen MR) is 79.2 cm³/mol. The Balaban J connectivity index is 1.45. The third-order valence-electron chi connectivity index (χ3n) is 4.48. The van der Waals surface area contributed by atoms with Crippen molar-refractivity contribution >= 4 is 5.91 Å². The molecule has 1 aromatic rings. The van der Waals surface area contributed by atoms with Crippen LogP contribution in [0.3, 0.4) is 0 Å². The van der Waals surface area contributed by atoms with Gasteiger partial charge >= 0.3 is 0 Å². The molecule has 2 atom stereocenters. The van der Waals surface area contributed by atoms with Gasteiger partial charge in [-0.05, 0) is 31.4 Å². The maximum atomic E-state index is 13.5. The van der Waals surface area contributed by atoms with Gasteiger partial charge in [0, 0.05) is 31.2 Å². The molecule has 2 N–H and O–H groups in total. The van der Waals surface area contributed by atoms with Crippen LogP contribution in [0.5, 0.6) is 0 Å². The minimum Gasteiger partial charge on any atom is -0.351 e. The lowest BCUT2D eigenvalue weighted by Crippen LogP contribution is -2.41. The van der Waals surface area contributed by atoms with Crippen molar-refractivity contribution in [1.82, 2.24) is 15.5 Å². The first-order chi connectivity index (χ1) is 10.2. The van der Waals surface area contributed by atoms with E-state index in [0.29, 0.717) is 24.1 Å². The summed E-state index contributed by atoms with van der Waals surface area (Å²) in [5.74, 6) is 0.379. The average Bonchev–Trinajstić information content (AvgIpc) is 2.88. The number of amides is 1. The Morgan fingerprint density at radius 2 is 2.24 bits per heavy atom. The SMILES string of the molecule is O=C(CN1CC2CCCNC2C1)NCc1ccccc1F. The molecule has 0 spiro atoms. The molecule has 0 aliphatic carbocycles. The quantitative estimate of drug-likeness (QED) is 0.874. The number of benzene rings is 1. The van der Waals surface area contributed by atoms with Gasteiger partial charge < -0.3 is 10.6 Å². The molecule has 21 heavy (non-hydrogen) atoms. The van der Waals surface area contributed by atoms with E-state index in [1.807, 2.05) is 0 Å². The molecule has 2 aliphatic heterocycles. The van der Waals surface area contributed by atoms with Crippen LogP contribution in [0.2, 0.25) is 0 Å². The number of nitrogens with one attached hydrogen (secondary N) is 2. The van der Waals surface area contributed by atoms with Crippen LogP contribution in [-0.4, -0.2) is 43.0 Å². The van der Waals surface area contributed by atoms with Gasteiger partial charge in [0.05, 0.1) is 6.54 Å². The fourth-order valence-corrected chi connectivity index (χ4v) is 3.36. The molecular weight excluding hydrogens is 269 g/mol. The molecule has 114 valence electrons. The maximum absolute atomic E-state index is 13.5. The molecule has 0 aromatic heterocycles. The first-order valence-corrected chi connectivity index (χ1v) is 7.68. The van der Waals surface area contributed by atoms with Crippen LogP contribution in [0, 0.1) is 11.7 Å². The summed E-state index contributed by atoms with van der Waals surface area (Å²) in [6.07, 6.45) is 2.49. The van der Waals surface area contributed by atoms with Gasteiger partial charge in [0.25, 0.3) is 0 Å². The number of hydrogen-bond donors (Lipinski definition) is 2. The molecule has 2 aliphatic rings. The number of fused-ring (bicyclic) bond motifs is 1. The number of piperidine rings is 1. The van der Waals surface area contributed by atoms with Crippen molar-refractivity contribution in [2.75, 3.05) is 26.2 Å². The van der Waals surface area contributed by atoms with Crippen molar-refractivity contribution in [3.63, 3.8) is 0 Å². The van der Waals surface area contributed by atoms with Gasteiger partial charge in [-0.3, -0.25) is 9.69 Å². The van der Waals surface area contributed by atoms with Gasteiger partial charge in [-0.25, -0.2) is 4.39 Å². The van der Waals surface area contributed by atoms with Gasteiger partial charge in [-0.2, -0.15) is 0 Å². The third-order valence-corrected chi connectivity index (χ3v) is 4.48. The Hall–Kier alpha value is -1.46. The van der Waals surface area contributed by atoms with Crippen LogP contribution in [0.15, 0.2) is 24.3 Å². The summed E-state index contributed by atoms with van der Waals surface area (Å²) in [5.41, 5.74) is 0.530. The molecular formula is C16H22FN3O. The van der Waals surface area contributed by atoms with Gasteiger partial charge in [0.15, 0.2) is 0 Å². The summed E-state index contributed by atoms with van der Waals surface area (Å²) in [4.78, 5) is 14.2. The van der Waals surface area contributed by atoms with Crippen molar-refractivity contribution in [2.24, 2.45) is 5.92 Å². The molecule has 4 nitrogen and oxygen atoms in total. The second-order valence-electron chi connectivity index (χ2n) is 6.03. The molecule has 0 bridgehead atoms. The minimum absolute atomic E-state index is 0.0306. The highest BCUT2D eigenvalue weighted by molar-refractivity contribution is 5.78. The Kier molecular flexibility index (Phi) is 4.51. The second kappa shape index (κ2) is 6.54. The molecule has 0 saturated carbocycles. The summed E-state index contributed by atoms with van der Waals surface area (Å²) in [6.45, 7) is 3.69. The summed E-state index contributed by atoms with van der Waals surface area (Å²) < 4.78 is 13.5. The van der Waals surface area contributed by atoms with Crippen molar-refractivity contribution < 1.29 is 9.18 Å². The zero-order chi connectivity index (χ0) is 14.7. The zero-order valence-electron chi connectivity index (χ0n) is 12.1. The second-order valence-corrected chi connectivity index (χ2v) is 6.03. The van der Waals surface area contributed by atoms with E-state index in [1.54, 1.807) is 18.2 Å². The average molecular weight is 291 g/mol. The third kappa shape index (κ3) is 3.60. The first kappa shape index (κ1) is 14.5. The topological polar surface area (TPSA) is 44.4 Å². The highest BCUT2D eigenvalue weighted by Gasteiger charge is 2.34. The Morgan fingerprint density at radius 1 is 1.38 bits per heavy atom. The largest absolute Gasteiger partial charge is 0.351 e. The van der Waals surface area contributed by atoms with Crippen molar-refractivity contribution in [3.8, 4) is 0 Å². The number of likely N-dealkylation sites (tertiary alicyclic amines) is 1. The standard InChI is InChI=1S/C16H22FN3O/c17-14-6-2-1-4-12(14)8-19-16(21)11-20-9-13-5-3-7-18-15(13)10-20/h1-2,4,6,13,15,18H,3,5,7-11H2,(H,19,21). The molecule has 1 amide bonds. The van der Waals surface area contributed by atoms with E-state index in [9.17, 15) is 9.18 Å². The fourth-order valence-electron chi connectivity index (χ4n) is 3.36. The summed E-state index contributed by atoms with van der Waals surface area (Å²) in [7, 11) is 0. The van der Waals surface area contributed by atoms with E-state index in [4.69, 9.17) is 0 Å². The lowest BCUT2D eigenvalue weighted by atomic mass is 9.94. The number of carbonyl (C=O) groups excluding carboxylic acids is 1. The van der Waals surface area contributed by atoms with Gasteiger partial charge in [0.1, 0.15) is 5.82 Å². The first-order valence-electron chi connectivity index (χ1n) is 7.68. The van der Waals surface area contributed by atoms with Crippen LogP contribution < -0.4 is 10.6 Å². The molecule has 2 heterocycles. The van der Waals surface area contributed by atoms with Gasteiger partial charge in [-0.1, -0.05) is 18.2 Å². The fraction of sp³-hybridized carbons (Fsp3) is 0.562. The Labute approximate surface area is 124 Å². The molecule has 2 fully saturated rings. The van der Waals surface area contributed by atoms with Gasteiger partial charge in [-0.15, -0.1) is 0 Å². The normalized spacial score (nSPS) is 25.6. The summed E-state index contributed by atoms with van der Waals surface area (Å²) in [5, 5.41) is 6.33. The predicted octanol–water partition coefficient (Wildman–Crippen LogP) is 1.13. The lowest BCUT2D eigenvalue weighted by molar-refractivity contribution is -0.122. The molecule has 2 saturated heterocycles. The van der Waals surface area contributed by atoms with Crippen molar-refractivity contribution in [2.45, 2.75) is 25.4 Å². The van der Waals surface area contributed by atoms with Crippen molar-refractivity contribution in [1.29, 1.82) is 0 Å². The van der Waals surface area contributed by atoms with E-state index in [1.165, 1.54) is 18.9 Å². The van der Waals surface area contributed by atoms with E-state index in [2.05, 4.69) is 15.5 Å². The smallest absolute Gasteiger partial charge is 0.234 e. The molecule has 1 aromatic carbocycles. The van der Waals surface area contributed by atoms with Crippen molar-refractivity contribution in [3.05, 3.63) is 35.6 Å². The Bertz CT molecular complexity index is 494.